The Morgan fingerprint density at radius 2 is 1.45 bits per heavy atom. The van der Waals surface area contributed by atoms with Gasteiger partial charge in [-0.1, -0.05) is 12.1 Å². The number of hydrogen-bond acceptors (Lipinski definition) is 3. The van der Waals surface area contributed by atoms with Gasteiger partial charge in [-0.25, -0.2) is 13.8 Å². The van der Waals surface area contributed by atoms with E-state index in [1.807, 2.05) is 28.8 Å². The van der Waals surface area contributed by atoms with E-state index in [4.69, 9.17) is 9.47 Å². The normalized spacial score (nSPS) is 10.8. The lowest BCUT2D eigenvalue weighted by Crippen LogP contribution is -1.93. The molecule has 0 unspecified atom stereocenters. The molecule has 0 aliphatic heterocycles. The van der Waals surface area contributed by atoms with Crippen molar-refractivity contribution in [2.75, 3.05) is 14.2 Å². The quantitative estimate of drug-likeness (QED) is 0.450. The summed E-state index contributed by atoms with van der Waals surface area (Å²) >= 11 is 0. The van der Waals surface area contributed by atoms with Crippen molar-refractivity contribution in [1.82, 2.24) is 9.55 Å². The van der Waals surface area contributed by atoms with Crippen LogP contribution in [0.1, 0.15) is 0 Å². The van der Waals surface area contributed by atoms with Gasteiger partial charge in [-0.3, -0.25) is 0 Å². The second kappa shape index (κ2) is 7.75. The lowest BCUT2D eigenvalue weighted by Gasteiger charge is -2.10. The highest BCUT2D eigenvalue weighted by Crippen LogP contribution is 2.33. The predicted octanol–water partition coefficient (Wildman–Crippen LogP) is 5.50. The lowest BCUT2D eigenvalue weighted by atomic mass is 10.0. The van der Waals surface area contributed by atoms with E-state index in [0.717, 1.165) is 11.3 Å². The molecule has 29 heavy (non-hydrogen) atoms. The van der Waals surface area contributed by atoms with Crippen molar-refractivity contribution < 1.29 is 18.3 Å². The van der Waals surface area contributed by atoms with Gasteiger partial charge >= 0.3 is 0 Å². The maximum absolute atomic E-state index is 13.8. The number of nitrogens with zero attached hydrogens (tertiary/aromatic N) is 2. The molecule has 3 aromatic carbocycles. The molecule has 4 rings (SSSR count). The molecule has 0 aliphatic rings. The van der Waals surface area contributed by atoms with E-state index in [0.29, 0.717) is 28.3 Å². The molecular weight excluding hydrogens is 374 g/mol. The van der Waals surface area contributed by atoms with E-state index in [-0.39, 0.29) is 11.6 Å². The fourth-order valence-electron chi connectivity index (χ4n) is 3.22. The lowest BCUT2D eigenvalue weighted by molar-refractivity contribution is 0.415. The average Bonchev–Trinajstić information content (AvgIpc) is 3.24. The first kappa shape index (κ1) is 18.7. The smallest absolute Gasteiger partial charge is 0.128 e. The minimum atomic E-state index is -0.365. The molecule has 1 heterocycles. The van der Waals surface area contributed by atoms with Crippen molar-refractivity contribution in [2.45, 2.75) is 0 Å². The molecule has 0 fully saturated rings. The van der Waals surface area contributed by atoms with E-state index >= 15 is 0 Å². The van der Waals surface area contributed by atoms with Crippen molar-refractivity contribution >= 4 is 0 Å². The van der Waals surface area contributed by atoms with Crippen molar-refractivity contribution in [1.29, 1.82) is 0 Å². The van der Waals surface area contributed by atoms with Gasteiger partial charge in [0.2, 0.25) is 0 Å². The molecule has 146 valence electrons. The first-order valence-electron chi connectivity index (χ1n) is 8.91. The maximum Gasteiger partial charge on any atom is 0.128 e. The van der Waals surface area contributed by atoms with Crippen LogP contribution >= 0.6 is 0 Å². The molecule has 0 aliphatic carbocycles. The van der Waals surface area contributed by atoms with Gasteiger partial charge in [-0.15, -0.1) is 0 Å². The standard InChI is InChI=1S/C23H18F2N2O2/c1-28-22-8-6-16(24)11-19(22)15-4-3-5-18(10-15)27-13-21(26-14-27)20-12-17(25)7-9-23(20)29-2/h3-14H,1-2H3. The van der Waals surface area contributed by atoms with Crippen LogP contribution in [0.15, 0.2) is 73.2 Å². The molecule has 1 aromatic heterocycles. The second-order valence-electron chi connectivity index (χ2n) is 6.41. The van der Waals surface area contributed by atoms with Gasteiger partial charge in [0.05, 0.1) is 26.2 Å². The van der Waals surface area contributed by atoms with E-state index in [1.54, 1.807) is 31.8 Å². The molecule has 0 radical (unpaired) electrons. The van der Waals surface area contributed by atoms with Crippen LogP contribution in [0.2, 0.25) is 0 Å². The van der Waals surface area contributed by atoms with Gasteiger partial charge in [0.15, 0.2) is 0 Å². The number of methoxy groups -OCH3 is 2. The maximum atomic E-state index is 13.8. The second-order valence-corrected chi connectivity index (χ2v) is 6.41. The molecular formula is C23H18F2N2O2. The Bertz CT molecular complexity index is 1170. The third-order valence-corrected chi connectivity index (χ3v) is 4.64. The van der Waals surface area contributed by atoms with Crippen LogP contribution in [0.4, 0.5) is 8.78 Å². The third-order valence-electron chi connectivity index (χ3n) is 4.64. The van der Waals surface area contributed by atoms with Gasteiger partial charge in [0.25, 0.3) is 0 Å². The van der Waals surface area contributed by atoms with Crippen molar-refractivity contribution in [3.05, 3.63) is 84.8 Å². The van der Waals surface area contributed by atoms with Crippen molar-refractivity contribution in [3.8, 4) is 39.6 Å². The number of hydrogen-bond donors (Lipinski definition) is 0. The van der Waals surface area contributed by atoms with Crippen LogP contribution in [0.25, 0.3) is 28.1 Å². The molecule has 6 heteroatoms. The largest absolute Gasteiger partial charge is 0.496 e. The Labute approximate surface area is 167 Å². The third kappa shape index (κ3) is 3.69. The molecule has 0 saturated heterocycles. The summed E-state index contributed by atoms with van der Waals surface area (Å²) in [5.41, 5.74) is 3.42. The molecule has 0 spiro atoms. The molecule has 0 bridgehead atoms. The molecule has 0 N–H and O–H groups in total. The van der Waals surface area contributed by atoms with Crippen LogP contribution in [0, 0.1) is 11.6 Å². The molecule has 4 aromatic rings. The highest BCUT2D eigenvalue weighted by atomic mass is 19.1. The van der Waals surface area contributed by atoms with Crippen LogP contribution in [0.3, 0.4) is 0 Å². The number of rotatable bonds is 5. The number of imidazole rings is 1. The Balaban J connectivity index is 1.74. The first-order chi connectivity index (χ1) is 14.1. The molecule has 0 saturated carbocycles. The summed E-state index contributed by atoms with van der Waals surface area (Å²) in [5.74, 6) is 0.416. The Morgan fingerprint density at radius 1 is 0.793 bits per heavy atom. The number of benzene rings is 3. The van der Waals surface area contributed by atoms with Crippen molar-refractivity contribution in [2.24, 2.45) is 0 Å². The number of halogens is 2. The van der Waals surface area contributed by atoms with Crippen LogP contribution in [0.5, 0.6) is 11.5 Å². The monoisotopic (exact) mass is 392 g/mol. The average molecular weight is 392 g/mol. The highest BCUT2D eigenvalue weighted by Gasteiger charge is 2.12. The summed E-state index contributed by atoms with van der Waals surface area (Å²) < 4.78 is 40.0. The van der Waals surface area contributed by atoms with Crippen molar-refractivity contribution in [3.63, 3.8) is 0 Å². The van der Waals surface area contributed by atoms with E-state index in [2.05, 4.69) is 4.98 Å². The Kier molecular flexibility index (Phi) is 4.99. The van der Waals surface area contributed by atoms with Gasteiger partial charge in [-0.2, -0.15) is 0 Å². The minimum Gasteiger partial charge on any atom is -0.496 e. The van der Waals surface area contributed by atoms with E-state index < -0.39 is 0 Å². The van der Waals surface area contributed by atoms with Gasteiger partial charge in [0, 0.05) is 23.0 Å². The molecule has 4 nitrogen and oxygen atoms in total. The van der Waals surface area contributed by atoms with E-state index in [9.17, 15) is 8.78 Å². The topological polar surface area (TPSA) is 36.3 Å². The highest BCUT2D eigenvalue weighted by molar-refractivity contribution is 5.72. The van der Waals surface area contributed by atoms with Gasteiger partial charge < -0.3 is 14.0 Å². The SMILES string of the molecule is COc1ccc(F)cc1-c1cccc(-n2cnc(-c3cc(F)ccc3OC)c2)c1. The van der Waals surface area contributed by atoms with Crippen LogP contribution in [-0.2, 0) is 0 Å². The van der Waals surface area contributed by atoms with Gasteiger partial charge in [0.1, 0.15) is 23.1 Å². The zero-order valence-electron chi connectivity index (χ0n) is 15.9. The summed E-state index contributed by atoms with van der Waals surface area (Å²) in [6.45, 7) is 0. The summed E-state index contributed by atoms with van der Waals surface area (Å²) in [4.78, 5) is 4.39. The van der Waals surface area contributed by atoms with Gasteiger partial charge in [-0.05, 0) is 54.1 Å². The predicted molar refractivity (Wildman–Crippen MR) is 107 cm³/mol. The minimum absolute atomic E-state index is 0.339. The Hall–Kier alpha value is -3.67. The zero-order chi connectivity index (χ0) is 20.4. The zero-order valence-corrected chi connectivity index (χ0v) is 15.9. The fraction of sp³-hybridized carbons (Fsp3) is 0.0870. The summed E-state index contributed by atoms with van der Waals surface area (Å²) in [6.07, 6.45) is 3.43. The van der Waals surface area contributed by atoms with Crippen LogP contribution in [-0.4, -0.2) is 23.8 Å². The summed E-state index contributed by atoms with van der Waals surface area (Å²) in [7, 11) is 3.08. The van der Waals surface area contributed by atoms with E-state index in [1.165, 1.54) is 31.4 Å². The fourth-order valence-corrected chi connectivity index (χ4v) is 3.22. The Morgan fingerprint density at radius 3 is 2.14 bits per heavy atom. The summed E-state index contributed by atoms with van der Waals surface area (Å²) in [6, 6.07) is 16.3. The molecule has 0 atom stereocenters. The number of ether oxygens (including phenoxy) is 2. The molecule has 0 amide bonds. The first-order valence-corrected chi connectivity index (χ1v) is 8.91. The summed E-state index contributed by atoms with van der Waals surface area (Å²) in [5, 5.41) is 0. The number of aromatic nitrogens is 2. The van der Waals surface area contributed by atoms with Crippen LogP contribution < -0.4 is 9.47 Å².